The lowest BCUT2D eigenvalue weighted by molar-refractivity contribution is 0.944. The SMILES string of the molecule is Cc1ccc2c3cn[nH]c3nn2c1. The van der Waals surface area contributed by atoms with Crippen molar-refractivity contribution in [1.29, 1.82) is 0 Å². The molecular weight excluding hydrogens is 164 g/mol. The normalized spacial score (nSPS) is 11.5. The maximum Gasteiger partial charge on any atom is 0.178 e. The fraction of sp³-hybridized carbons (Fsp3) is 0.111. The summed E-state index contributed by atoms with van der Waals surface area (Å²) in [6.07, 6.45) is 3.80. The van der Waals surface area contributed by atoms with Crippen LogP contribution in [-0.4, -0.2) is 19.8 Å². The summed E-state index contributed by atoms with van der Waals surface area (Å²) in [7, 11) is 0. The Balaban J connectivity index is 2.59. The highest BCUT2D eigenvalue weighted by atomic mass is 15.3. The number of hydrogen-bond donors (Lipinski definition) is 1. The minimum atomic E-state index is 0.839. The summed E-state index contributed by atoms with van der Waals surface area (Å²) in [5.74, 6) is 0. The van der Waals surface area contributed by atoms with Gasteiger partial charge in [-0.3, -0.25) is 5.10 Å². The lowest BCUT2D eigenvalue weighted by Crippen LogP contribution is -1.87. The fourth-order valence-corrected chi connectivity index (χ4v) is 1.54. The van der Waals surface area contributed by atoms with E-state index in [1.165, 1.54) is 5.56 Å². The Morgan fingerprint density at radius 3 is 3.23 bits per heavy atom. The van der Waals surface area contributed by atoms with E-state index in [-0.39, 0.29) is 0 Å². The molecule has 0 radical (unpaired) electrons. The second-order valence-corrected chi connectivity index (χ2v) is 3.17. The van der Waals surface area contributed by atoms with E-state index in [0.29, 0.717) is 0 Å². The third-order valence-corrected chi connectivity index (χ3v) is 2.18. The predicted octanol–water partition coefficient (Wildman–Crippen LogP) is 1.52. The van der Waals surface area contributed by atoms with Crippen molar-refractivity contribution in [3.63, 3.8) is 0 Å². The van der Waals surface area contributed by atoms with Crippen molar-refractivity contribution in [2.75, 3.05) is 0 Å². The van der Waals surface area contributed by atoms with Gasteiger partial charge in [0.1, 0.15) is 0 Å². The molecule has 4 heteroatoms. The van der Waals surface area contributed by atoms with Gasteiger partial charge in [0, 0.05) is 6.20 Å². The molecule has 1 N–H and O–H groups in total. The number of nitrogens with one attached hydrogen (secondary N) is 1. The van der Waals surface area contributed by atoms with Crippen LogP contribution in [0, 0.1) is 6.92 Å². The Kier molecular flexibility index (Phi) is 1.07. The second-order valence-electron chi connectivity index (χ2n) is 3.17. The van der Waals surface area contributed by atoms with Gasteiger partial charge in [-0.2, -0.15) is 5.10 Å². The Morgan fingerprint density at radius 1 is 1.38 bits per heavy atom. The van der Waals surface area contributed by atoms with Gasteiger partial charge in [-0.15, -0.1) is 5.10 Å². The number of nitrogens with zero attached hydrogens (tertiary/aromatic N) is 3. The predicted molar refractivity (Wildman–Crippen MR) is 49.6 cm³/mol. The third-order valence-electron chi connectivity index (χ3n) is 2.18. The van der Waals surface area contributed by atoms with Gasteiger partial charge < -0.3 is 0 Å². The van der Waals surface area contributed by atoms with Crippen molar-refractivity contribution in [2.24, 2.45) is 0 Å². The number of hydrogen-bond acceptors (Lipinski definition) is 2. The Bertz CT molecular complexity index is 575. The molecule has 64 valence electrons. The Labute approximate surface area is 74.2 Å². The van der Waals surface area contributed by atoms with E-state index in [9.17, 15) is 0 Å². The van der Waals surface area contributed by atoms with Crippen LogP contribution >= 0.6 is 0 Å². The first kappa shape index (κ1) is 6.65. The summed E-state index contributed by atoms with van der Waals surface area (Å²) < 4.78 is 1.87. The molecule has 0 aromatic carbocycles. The van der Waals surface area contributed by atoms with Gasteiger partial charge in [0.2, 0.25) is 0 Å². The summed E-state index contributed by atoms with van der Waals surface area (Å²) in [5, 5.41) is 12.2. The number of aromatic amines is 1. The summed E-state index contributed by atoms with van der Waals surface area (Å²) in [4.78, 5) is 0. The van der Waals surface area contributed by atoms with Crippen LogP contribution in [0.4, 0.5) is 0 Å². The molecule has 0 amide bonds. The van der Waals surface area contributed by atoms with Gasteiger partial charge in [0.05, 0.1) is 17.1 Å². The molecule has 13 heavy (non-hydrogen) atoms. The monoisotopic (exact) mass is 172 g/mol. The van der Waals surface area contributed by atoms with E-state index in [0.717, 1.165) is 16.6 Å². The van der Waals surface area contributed by atoms with Gasteiger partial charge in [-0.1, -0.05) is 6.07 Å². The minimum absolute atomic E-state index is 0.839. The molecule has 0 saturated heterocycles. The molecule has 0 saturated carbocycles. The Morgan fingerprint density at radius 2 is 2.31 bits per heavy atom. The lowest BCUT2D eigenvalue weighted by atomic mass is 10.3. The zero-order valence-electron chi connectivity index (χ0n) is 7.15. The Hall–Kier alpha value is -1.84. The third kappa shape index (κ3) is 0.796. The van der Waals surface area contributed by atoms with Crippen LogP contribution in [0.3, 0.4) is 0 Å². The van der Waals surface area contributed by atoms with E-state index < -0.39 is 0 Å². The standard InChI is InChI=1S/C9H8N4/c1-6-2-3-8-7-4-10-11-9(7)12-13(8)5-6/h2-5H,1H3,(H,11,12). The first-order valence-electron chi connectivity index (χ1n) is 4.13. The quantitative estimate of drug-likeness (QED) is 0.558. The van der Waals surface area contributed by atoms with Gasteiger partial charge in [-0.05, 0) is 18.6 Å². The first-order valence-corrected chi connectivity index (χ1v) is 4.13. The number of aryl methyl sites for hydroxylation is 1. The highest BCUT2D eigenvalue weighted by molar-refractivity contribution is 5.91. The summed E-state index contributed by atoms with van der Waals surface area (Å²) >= 11 is 0. The molecule has 0 spiro atoms. The zero-order valence-corrected chi connectivity index (χ0v) is 7.15. The average Bonchev–Trinajstić information content (AvgIpc) is 2.62. The lowest BCUT2D eigenvalue weighted by Gasteiger charge is -1.93. The minimum Gasteiger partial charge on any atom is -0.259 e. The average molecular weight is 172 g/mol. The summed E-state index contributed by atoms with van der Waals surface area (Å²) in [6.45, 7) is 2.05. The topological polar surface area (TPSA) is 46.0 Å². The van der Waals surface area contributed by atoms with E-state index >= 15 is 0 Å². The van der Waals surface area contributed by atoms with Crippen LogP contribution < -0.4 is 0 Å². The highest BCUT2D eigenvalue weighted by Gasteiger charge is 2.04. The number of pyridine rings is 1. The molecule has 3 rings (SSSR count). The van der Waals surface area contributed by atoms with E-state index in [1.807, 2.05) is 17.6 Å². The number of fused-ring (bicyclic) bond motifs is 3. The summed E-state index contributed by atoms with van der Waals surface area (Å²) in [6, 6.07) is 4.13. The van der Waals surface area contributed by atoms with Crippen LogP contribution in [0.2, 0.25) is 0 Å². The smallest absolute Gasteiger partial charge is 0.178 e. The molecule has 0 unspecified atom stereocenters. The van der Waals surface area contributed by atoms with Crippen molar-refractivity contribution in [3.8, 4) is 0 Å². The number of rotatable bonds is 0. The molecule has 0 bridgehead atoms. The van der Waals surface area contributed by atoms with E-state index in [1.54, 1.807) is 6.20 Å². The van der Waals surface area contributed by atoms with Crippen LogP contribution in [0.5, 0.6) is 0 Å². The highest BCUT2D eigenvalue weighted by Crippen LogP contribution is 2.16. The maximum absolute atomic E-state index is 4.33. The van der Waals surface area contributed by atoms with Crippen molar-refractivity contribution < 1.29 is 0 Å². The molecule has 3 aromatic rings. The van der Waals surface area contributed by atoms with Crippen LogP contribution in [0.1, 0.15) is 5.56 Å². The van der Waals surface area contributed by atoms with E-state index in [2.05, 4.69) is 27.4 Å². The van der Waals surface area contributed by atoms with Gasteiger partial charge >= 0.3 is 0 Å². The summed E-state index contributed by atoms with van der Waals surface area (Å²) in [5.41, 5.74) is 3.13. The van der Waals surface area contributed by atoms with Crippen molar-refractivity contribution in [2.45, 2.75) is 6.92 Å². The molecule has 3 heterocycles. The van der Waals surface area contributed by atoms with Gasteiger partial charge in [0.15, 0.2) is 5.65 Å². The number of H-pyrrole nitrogens is 1. The van der Waals surface area contributed by atoms with Crippen molar-refractivity contribution in [3.05, 3.63) is 30.1 Å². The maximum atomic E-state index is 4.33. The molecular formula is C9H8N4. The van der Waals surface area contributed by atoms with E-state index in [4.69, 9.17) is 0 Å². The molecule has 0 aliphatic carbocycles. The van der Waals surface area contributed by atoms with Gasteiger partial charge in [-0.25, -0.2) is 4.52 Å². The number of aromatic nitrogens is 4. The van der Waals surface area contributed by atoms with Crippen LogP contribution in [-0.2, 0) is 0 Å². The molecule has 4 nitrogen and oxygen atoms in total. The van der Waals surface area contributed by atoms with Gasteiger partial charge in [0.25, 0.3) is 0 Å². The van der Waals surface area contributed by atoms with Crippen LogP contribution in [0.25, 0.3) is 16.6 Å². The second kappa shape index (κ2) is 2.10. The molecule has 0 aliphatic rings. The zero-order chi connectivity index (χ0) is 8.84. The molecule has 3 aromatic heterocycles. The van der Waals surface area contributed by atoms with Crippen molar-refractivity contribution >= 4 is 16.6 Å². The molecule has 0 fully saturated rings. The van der Waals surface area contributed by atoms with Crippen molar-refractivity contribution in [1.82, 2.24) is 19.8 Å². The molecule has 0 aliphatic heterocycles. The fourth-order valence-electron chi connectivity index (χ4n) is 1.54. The first-order chi connectivity index (χ1) is 6.34. The van der Waals surface area contributed by atoms with Crippen LogP contribution in [0.15, 0.2) is 24.5 Å². The largest absolute Gasteiger partial charge is 0.259 e. The molecule has 0 atom stereocenters.